The number of benzene rings is 1. The Morgan fingerprint density at radius 1 is 1.35 bits per heavy atom. The summed E-state index contributed by atoms with van der Waals surface area (Å²) < 4.78 is 11.3. The summed E-state index contributed by atoms with van der Waals surface area (Å²) in [6.45, 7) is 3.90. The Kier molecular flexibility index (Phi) is 5.26. The zero-order valence-corrected chi connectivity index (χ0v) is 13.0. The Morgan fingerprint density at radius 3 is 2.75 bits per heavy atom. The minimum Gasteiger partial charge on any atom is -0.495 e. The number of methoxy groups -OCH3 is 1. The molecule has 1 aromatic rings. The Labute approximate surface area is 122 Å². The molecule has 1 fully saturated rings. The topological polar surface area (TPSA) is 33.7 Å². The van der Waals surface area contributed by atoms with Crippen molar-refractivity contribution in [3.05, 3.63) is 23.8 Å². The van der Waals surface area contributed by atoms with E-state index >= 15 is 0 Å². The zero-order valence-electron chi connectivity index (χ0n) is 13.0. The normalized spacial score (nSPS) is 22.2. The molecule has 1 saturated heterocycles. The van der Waals surface area contributed by atoms with Gasteiger partial charge in [0.2, 0.25) is 0 Å². The molecule has 0 radical (unpaired) electrons. The zero-order chi connectivity index (χ0) is 14.5. The largest absolute Gasteiger partial charge is 0.495 e. The second kappa shape index (κ2) is 6.95. The fraction of sp³-hybridized carbons (Fsp3) is 0.625. The molecule has 1 aliphatic heterocycles. The summed E-state index contributed by atoms with van der Waals surface area (Å²) in [6.07, 6.45) is 2.99. The van der Waals surface area contributed by atoms with Crippen LogP contribution >= 0.6 is 0 Å². The first-order chi connectivity index (χ1) is 9.58. The number of nitrogens with zero attached hydrogens (tertiary/aromatic N) is 1. The maximum atomic E-state index is 5.84. The monoisotopic (exact) mass is 278 g/mol. The summed E-state index contributed by atoms with van der Waals surface area (Å²) in [5.74, 6) is 0.888. The van der Waals surface area contributed by atoms with Crippen LogP contribution in [0.3, 0.4) is 0 Å². The summed E-state index contributed by atoms with van der Waals surface area (Å²) >= 11 is 0. The lowest BCUT2D eigenvalue weighted by molar-refractivity contribution is 0.0636. The molecular formula is C16H26N2O2. The second-order valence-corrected chi connectivity index (χ2v) is 5.80. The highest BCUT2D eigenvalue weighted by atomic mass is 16.5. The van der Waals surface area contributed by atoms with Crippen molar-refractivity contribution < 1.29 is 9.47 Å². The number of anilines is 1. The Balaban J connectivity index is 2.00. The van der Waals surface area contributed by atoms with Gasteiger partial charge in [0.05, 0.1) is 25.0 Å². The molecule has 0 amide bonds. The second-order valence-electron chi connectivity index (χ2n) is 5.80. The van der Waals surface area contributed by atoms with Crippen molar-refractivity contribution in [2.24, 2.45) is 0 Å². The van der Waals surface area contributed by atoms with Gasteiger partial charge in [0.25, 0.3) is 0 Å². The van der Waals surface area contributed by atoms with E-state index in [1.165, 1.54) is 5.56 Å². The molecule has 2 rings (SSSR count). The van der Waals surface area contributed by atoms with Crippen molar-refractivity contribution >= 4 is 5.69 Å². The van der Waals surface area contributed by atoms with Crippen LogP contribution in [0.25, 0.3) is 0 Å². The van der Waals surface area contributed by atoms with E-state index in [2.05, 4.69) is 43.4 Å². The average molecular weight is 278 g/mol. The average Bonchev–Trinajstić information content (AvgIpc) is 2.82. The van der Waals surface area contributed by atoms with Crippen molar-refractivity contribution in [3.63, 3.8) is 0 Å². The van der Waals surface area contributed by atoms with Crippen LogP contribution in [0, 0.1) is 0 Å². The van der Waals surface area contributed by atoms with Crippen LogP contribution in [0.2, 0.25) is 0 Å². The van der Waals surface area contributed by atoms with Crippen LogP contribution in [0.15, 0.2) is 18.2 Å². The van der Waals surface area contributed by atoms with E-state index in [0.29, 0.717) is 12.2 Å². The van der Waals surface area contributed by atoms with Crippen LogP contribution in [0.5, 0.6) is 5.75 Å². The molecule has 0 spiro atoms. The van der Waals surface area contributed by atoms with E-state index in [1.54, 1.807) is 7.11 Å². The van der Waals surface area contributed by atoms with Crippen LogP contribution in [0.1, 0.15) is 25.3 Å². The van der Waals surface area contributed by atoms with Gasteiger partial charge in [-0.05, 0) is 51.6 Å². The number of rotatable bonds is 6. The Bertz CT molecular complexity index is 434. The predicted octanol–water partition coefficient (Wildman–Crippen LogP) is 2.74. The van der Waals surface area contributed by atoms with Crippen LogP contribution in [0.4, 0.5) is 5.69 Å². The third kappa shape index (κ3) is 4.12. The molecule has 20 heavy (non-hydrogen) atoms. The standard InChI is InChI=1S/C16H26N2O2/c1-12-5-7-14(20-12)10-17-15-9-13(11-18(2)3)6-8-16(15)19-4/h6,8-9,12,14,17H,5,7,10-11H2,1-4H3. The number of hydrogen-bond acceptors (Lipinski definition) is 4. The molecule has 4 heteroatoms. The van der Waals surface area contributed by atoms with Crippen LogP contribution in [-0.2, 0) is 11.3 Å². The van der Waals surface area contributed by atoms with Gasteiger partial charge in [-0.2, -0.15) is 0 Å². The molecule has 1 N–H and O–H groups in total. The third-order valence-electron chi connectivity index (χ3n) is 3.60. The Hall–Kier alpha value is -1.26. The molecule has 1 heterocycles. The van der Waals surface area contributed by atoms with Gasteiger partial charge in [-0.1, -0.05) is 6.07 Å². The van der Waals surface area contributed by atoms with E-state index in [4.69, 9.17) is 9.47 Å². The third-order valence-corrected chi connectivity index (χ3v) is 3.60. The van der Waals surface area contributed by atoms with Crippen LogP contribution in [-0.4, -0.2) is 44.9 Å². The van der Waals surface area contributed by atoms with Gasteiger partial charge < -0.3 is 19.7 Å². The number of nitrogens with one attached hydrogen (secondary N) is 1. The van der Waals surface area contributed by atoms with Crippen molar-refractivity contribution in [1.82, 2.24) is 4.90 Å². The lowest BCUT2D eigenvalue weighted by Crippen LogP contribution is -2.20. The van der Waals surface area contributed by atoms with Gasteiger partial charge in [-0.3, -0.25) is 0 Å². The molecule has 0 saturated carbocycles. The molecule has 1 aliphatic rings. The molecule has 1 aromatic carbocycles. The van der Waals surface area contributed by atoms with E-state index in [1.807, 2.05) is 6.07 Å². The molecule has 4 nitrogen and oxygen atoms in total. The van der Waals surface area contributed by atoms with E-state index in [-0.39, 0.29) is 0 Å². The smallest absolute Gasteiger partial charge is 0.141 e. The van der Waals surface area contributed by atoms with Gasteiger partial charge in [-0.15, -0.1) is 0 Å². The highest BCUT2D eigenvalue weighted by Crippen LogP contribution is 2.27. The minimum atomic E-state index is 0.312. The minimum absolute atomic E-state index is 0.312. The summed E-state index contributed by atoms with van der Waals surface area (Å²) in [5, 5.41) is 3.47. The van der Waals surface area contributed by atoms with E-state index < -0.39 is 0 Å². The first-order valence-electron chi connectivity index (χ1n) is 7.29. The highest BCUT2D eigenvalue weighted by molar-refractivity contribution is 5.58. The lowest BCUT2D eigenvalue weighted by atomic mass is 10.1. The van der Waals surface area contributed by atoms with Gasteiger partial charge in [0.1, 0.15) is 5.75 Å². The first-order valence-corrected chi connectivity index (χ1v) is 7.29. The van der Waals surface area contributed by atoms with Gasteiger partial charge in [0, 0.05) is 13.1 Å². The fourth-order valence-corrected chi connectivity index (χ4v) is 2.62. The van der Waals surface area contributed by atoms with Crippen LogP contribution < -0.4 is 10.1 Å². The number of hydrogen-bond donors (Lipinski definition) is 1. The summed E-state index contributed by atoms with van der Waals surface area (Å²) in [5.41, 5.74) is 2.33. The predicted molar refractivity (Wildman–Crippen MR) is 82.4 cm³/mol. The summed E-state index contributed by atoms with van der Waals surface area (Å²) in [7, 11) is 5.86. The van der Waals surface area contributed by atoms with Gasteiger partial charge in [-0.25, -0.2) is 0 Å². The maximum absolute atomic E-state index is 5.84. The molecular weight excluding hydrogens is 252 g/mol. The van der Waals surface area contributed by atoms with Crippen molar-refractivity contribution in [2.75, 3.05) is 33.1 Å². The number of ether oxygens (including phenoxy) is 2. The van der Waals surface area contributed by atoms with Crippen molar-refractivity contribution in [2.45, 2.75) is 38.5 Å². The maximum Gasteiger partial charge on any atom is 0.141 e. The quantitative estimate of drug-likeness (QED) is 0.867. The summed E-state index contributed by atoms with van der Waals surface area (Å²) in [6, 6.07) is 6.30. The molecule has 2 atom stereocenters. The van der Waals surface area contributed by atoms with E-state index in [0.717, 1.165) is 37.4 Å². The SMILES string of the molecule is COc1ccc(CN(C)C)cc1NCC1CCC(C)O1. The molecule has 0 aliphatic carbocycles. The Morgan fingerprint density at radius 2 is 2.15 bits per heavy atom. The van der Waals surface area contributed by atoms with Crippen molar-refractivity contribution in [1.29, 1.82) is 0 Å². The highest BCUT2D eigenvalue weighted by Gasteiger charge is 2.21. The van der Waals surface area contributed by atoms with Crippen molar-refractivity contribution in [3.8, 4) is 5.75 Å². The molecule has 112 valence electrons. The first kappa shape index (κ1) is 15.1. The van der Waals surface area contributed by atoms with Gasteiger partial charge >= 0.3 is 0 Å². The summed E-state index contributed by atoms with van der Waals surface area (Å²) in [4.78, 5) is 2.16. The molecule has 0 aromatic heterocycles. The fourth-order valence-electron chi connectivity index (χ4n) is 2.62. The molecule has 2 unspecified atom stereocenters. The van der Waals surface area contributed by atoms with E-state index in [9.17, 15) is 0 Å². The lowest BCUT2D eigenvalue weighted by Gasteiger charge is -2.17. The van der Waals surface area contributed by atoms with Gasteiger partial charge in [0.15, 0.2) is 0 Å². The molecule has 0 bridgehead atoms.